The minimum Gasteiger partial charge on any atom is -0.379 e. The number of nitrogens with zero attached hydrogens (tertiary/aromatic N) is 2. The minimum atomic E-state index is -0.441. The van der Waals surface area contributed by atoms with Crippen molar-refractivity contribution in [2.75, 3.05) is 32.8 Å². The van der Waals surface area contributed by atoms with Gasteiger partial charge in [-0.2, -0.15) is 0 Å². The Labute approximate surface area is 154 Å². The van der Waals surface area contributed by atoms with Gasteiger partial charge < -0.3 is 10.1 Å². The van der Waals surface area contributed by atoms with Crippen LogP contribution in [0, 0.1) is 16.0 Å². The summed E-state index contributed by atoms with van der Waals surface area (Å²) in [5, 5.41) is 14.1. The molecule has 0 aromatic heterocycles. The largest absolute Gasteiger partial charge is 0.379 e. The van der Waals surface area contributed by atoms with Gasteiger partial charge in [0.2, 0.25) is 5.91 Å². The SMILES string of the molecule is CCC(CC)C(CNC(=O)Cc1ccccc1[N+](=O)[O-])N1CCOCC1. The highest BCUT2D eigenvalue weighted by molar-refractivity contribution is 5.79. The average molecular weight is 363 g/mol. The molecule has 0 bridgehead atoms. The lowest BCUT2D eigenvalue weighted by molar-refractivity contribution is -0.385. The first-order chi connectivity index (χ1) is 12.6. The van der Waals surface area contributed by atoms with E-state index in [9.17, 15) is 14.9 Å². The average Bonchev–Trinajstić information content (AvgIpc) is 2.66. The topological polar surface area (TPSA) is 84.7 Å². The molecule has 0 saturated carbocycles. The van der Waals surface area contributed by atoms with Gasteiger partial charge in [0.05, 0.1) is 24.6 Å². The van der Waals surface area contributed by atoms with Crippen molar-refractivity contribution in [2.45, 2.75) is 39.2 Å². The number of amides is 1. The number of benzene rings is 1. The van der Waals surface area contributed by atoms with Crippen LogP contribution in [-0.4, -0.2) is 54.6 Å². The quantitative estimate of drug-likeness (QED) is 0.538. The fourth-order valence-corrected chi connectivity index (χ4v) is 3.63. The number of nitro benzene ring substituents is 1. The number of nitro groups is 1. The van der Waals surface area contributed by atoms with Gasteiger partial charge in [-0.1, -0.05) is 44.9 Å². The fraction of sp³-hybridized carbons (Fsp3) is 0.632. The number of para-hydroxylation sites is 1. The molecule has 2 rings (SSSR count). The maximum atomic E-state index is 12.4. The molecular formula is C19H29N3O4. The predicted octanol–water partition coefficient (Wildman–Crippen LogP) is 2.39. The zero-order valence-electron chi connectivity index (χ0n) is 15.6. The number of ether oxygens (including phenoxy) is 1. The van der Waals surface area contributed by atoms with E-state index in [2.05, 4.69) is 24.1 Å². The normalized spacial score (nSPS) is 16.4. The first kappa shape index (κ1) is 20.3. The first-order valence-electron chi connectivity index (χ1n) is 9.37. The summed E-state index contributed by atoms with van der Waals surface area (Å²) < 4.78 is 5.44. The molecule has 0 radical (unpaired) electrons. The molecule has 1 aliphatic rings. The van der Waals surface area contributed by atoms with Crippen LogP contribution in [0.1, 0.15) is 32.3 Å². The fourth-order valence-electron chi connectivity index (χ4n) is 3.63. The Balaban J connectivity index is 1.99. The van der Waals surface area contributed by atoms with Crippen LogP contribution in [-0.2, 0) is 16.0 Å². The third kappa shape index (κ3) is 5.51. The van der Waals surface area contributed by atoms with E-state index in [0.717, 1.165) is 39.1 Å². The molecule has 1 saturated heterocycles. The summed E-state index contributed by atoms with van der Waals surface area (Å²) in [7, 11) is 0. The highest BCUT2D eigenvalue weighted by Gasteiger charge is 2.27. The summed E-state index contributed by atoms with van der Waals surface area (Å²) in [5.74, 6) is 0.322. The van der Waals surface area contributed by atoms with E-state index in [1.807, 2.05) is 0 Å². The lowest BCUT2D eigenvalue weighted by Crippen LogP contribution is -2.52. The number of morpholine rings is 1. The summed E-state index contributed by atoms with van der Waals surface area (Å²) >= 11 is 0. The van der Waals surface area contributed by atoms with Gasteiger partial charge in [0, 0.05) is 37.3 Å². The molecule has 1 aromatic carbocycles. The van der Waals surface area contributed by atoms with Crippen molar-refractivity contribution in [1.29, 1.82) is 0 Å². The third-order valence-electron chi connectivity index (χ3n) is 5.16. The minimum absolute atomic E-state index is 0.00706. The third-order valence-corrected chi connectivity index (χ3v) is 5.16. The van der Waals surface area contributed by atoms with E-state index in [1.54, 1.807) is 18.2 Å². The summed E-state index contributed by atoms with van der Waals surface area (Å²) in [6.07, 6.45) is 2.13. The first-order valence-corrected chi connectivity index (χ1v) is 9.37. The summed E-state index contributed by atoms with van der Waals surface area (Å²) in [6.45, 7) is 8.11. The zero-order chi connectivity index (χ0) is 18.9. The lowest BCUT2D eigenvalue weighted by Gasteiger charge is -2.38. The standard InChI is InChI=1S/C19H29N3O4/c1-3-15(4-2)18(21-9-11-26-12-10-21)14-20-19(23)13-16-7-5-6-8-17(16)22(24)25/h5-8,15,18H,3-4,9-14H2,1-2H3,(H,20,23). The summed E-state index contributed by atoms with van der Waals surface area (Å²) in [6, 6.07) is 6.67. The lowest BCUT2D eigenvalue weighted by atomic mass is 9.92. The van der Waals surface area contributed by atoms with E-state index in [0.29, 0.717) is 18.0 Å². The Kier molecular flexibility index (Phi) is 8.00. The molecule has 1 atom stereocenters. The highest BCUT2D eigenvalue weighted by atomic mass is 16.6. The van der Waals surface area contributed by atoms with Gasteiger partial charge in [-0.3, -0.25) is 19.8 Å². The van der Waals surface area contributed by atoms with Crippen molar-refractivity contribution in [1.82, 2.24) is 10.2 Å². The second kappa shape index (κ2) is 10.2. The molecule has 0 spiro atoms. The van der Waals surface area contributed by atoms with Gasteiger partial charge in [-0.25, -0.2) is 0 Å². The number of rotatable bonds is 9. The Morgan fingerprint density at radius 2 is 1.92 bits per heavy atom. The van der Waals surface area contributed by atoms with Crippen LogP contribution >= 0.6 is 0 Å². The number of carbonyl (C=O) groups is 1. The molecule has 0 aliphatic carbocycles. The second-order valence-corrected chi connectivity index (χ2v) is 6.66. The van der Waals surface area contributed by atoms with Crippen LogP contribution in [0.25, 0.3) is 0 Å². The highest BCUT2D eigenvalue weighted by Crippen LogP contribution is 2.20. The maximum Gasteiger partial charge on any atom is 0.273 e. The van der Waals surface area contributed by atoms with Gasteiger partial charge in [-0.15, -0.1) is 0 Å². The number of hydrogen-bond acceptors (Lipinski definition) is 5. The second-order valence-electron chi connectivity index (χ2n) is 6.66. The van der Waals surface area contributed by atoms with Crippen LogP contribution in [0.5, 0.6) is 0 Å². The van der Waals surface area contributed by atoms with Crippen LogP contribution in [0.3, 0.4) is 0 Å². The van der Waals surface area contributed by atoms with E-state index >= 15 is 0 Å². The van der Waals surface area contributed by atoms with Crippen molar-refractivity contribution in [3.05, 3.63) is 39.9 Å². The number of hydrogen-bond donors (Lipinski definition) is 1. The Morgan fingerprint density at radius 3 is 2.54 bits per heavy atom. The van der Waals surface area contributed by atoms with E-state index in [-0.39, 0.29) is 24.1 Å². The Morgan fingerprint density at radius 1 is 1.27 bits per heavy atom. The van der Waals surface area contributed by atoms with Crippen LogP contribution in [0.2, 0.25) is 0 Å². The molecule has 7 nitrogen and oxygen atoms in total. The van der Waals surface area contributed by atoms with Crippen LogP contribution in [0.15, 0.2) is 24.3 Å². The molecule has 1 amide bonds. The van der Waals surface area contributed by atoms with Crippen molar-refractivity contribution >= 4 is 11.6 Å². The smallest absolute Gasteiger partial charge is 0.273 e. The van der Waals surface area contributed by atoms with E-state index in [1.165, 1.54) is 6.07 Å². The van der Waals surface area contributed by atoms with Gasteiger partial charge in [0.1, 0.15) is 0 Å². The predicted molar refractivity (Wildman–Crippen MR) is 100 cm³/mol. The van der Waals surface area contributed by atoms with Gasteiger partial charge in [0.25, 0.3) is 5.69 Å². The van der Waals surface area contributed by atoms with Crippen molar-refractivity contribution in [3.8, 4) is 0 Å². The van der Waals surface area contributed by atoms with Crippen molar-refractivity contribution < 1.29 is 14.5 Å². The van der Waals surface area contributed by atoms with Gasteiger partial charge >= 0.3 is 0 Å². The molecule has 1 aromatic rings. The molecule has 26 heavy (non-hydrogen) atoms. The zero-order valence-corrected chi connectivity index (χ0v) is 15.6. The summed E-state index contributed by atoms with van der Waals surface area (Å²) in [4.78, 5) is 25.4. The summed E-state index contributed by atoms with van der Waals surface area (Å²) in [5.41, 5.74) is 0.438. The molecule has 1 aliphatic heterocycles. The molecule has 1 unspecified atom stereocenters. The number of nitrogens with one attached hydrogen (secondary N) is 1. The maximum absolute atomic E-state index is 12.4. The van der Waals surface area contributed by atoms with E-state index in [4.69, 9.17) is 4.74 Å². The van der Waals surface area contributed by atoms with Crippen molar-refractivity contribution in [2.24, 2.45) is 5.92 Å². The van der Waals surface area contributed by atoms with Gasteiger partial charge in [-0.05, 0) is 5.92 Å². The Bertz CT molecular complexity index is 598. The Hall–Kier alpha value is -1.99. The number of carbonyl (C=O) groups excluding carboxylic acids is 1. The van der Waals surface area contributed by atoms with Gasteiger partial charge in [0.15, 0.2) is 0 Å². The molecular weight excluding hydrogens is 334 g/mol. The molecule has 1 heterocycles. The van der Waals surface area contributed by atoms with Crippen LogP contribution in [0.4, 0.5) is 5.69 Å². The molecule has 1 N–H and O–H groups in total. The molecule has 144 valence electrons. The molecule has 1 fully saturated rings. The molecule has 7 heteroatoms. The van der Waals surface area contributed by atoms with Crippen molar-refractivity contribution in [3.63, 3.8) is 0 Å². The monoisotopic (exact) mass is 363 g/mol. The van der Waals surface area contributed by atoms with E-state index < -0.39 is 4.92 Å². The van der Waals surface area contributed by atoms with Crippen LogP contribution < -0.4 is 5.32 Å².